The minimum atomic E-state index is -0.484. The fraction of sp³-hybridized carbons (Fsp3) is 0. The second kappa shape index (κ2) is 7.90. The molecule has 0 aliphatic rings. The van der Waals surface area contributed by atoms with Crippen LogP contribution in [0.15, 0.2) is 52.0 Å². The number of amides is 1. The van der Waals surface area contributed by atoms with Gasteiger partial charge in [-0.2, -0.15) is 10.2 Å². The molecule has 3 N–H and O–H groups in total. The Balaban J connectivity index is 1.72. The van der Waals surface area contributed by atoms with E-state index in [1.54, 1.807) is 36.4 Å². The molecule has 1 aromatic heterocycles. The van der Waals surface area contributed by atoms with Crippen molar-refractivity contribution in [3.8, 4) is 17.0 Å². The Bertz CT molecular complexity index is 984. The van der Waals surface area contributed by atoms with E-state index in [0.29, 0.717) is 26.9 Å². The summed E-state index contributed by atoms with van der Waals surface area (Å²) in [7, 11) is 0. The van der Waals surface area contributed by atoms with Crippen LogP contribution in [0.4, 0.5) is 0 Å². The second-order valence-electron chi connectivity index (χ2n) is 5.23. The highest BCUT2D eigenvalue weighted by Crippen LogP contribution is 2.26. The molecule has 0 saturated carbocycles. The molecule has 1 amide bonds. The van der Waals surface area contributed by atoms with E-state index in [-0.39, 0.29) is 11.4 Å². The average molecular weight is 454 g/mol. The quantitative estimate of drug-likeness (QED) is 0.397. The molecule has 3 aromatic rings. The summed E-state index contributed by atoms with van der Waals surface area (Å²) in [6.45, 7) is 0. The van der Waals surface area contributed by atoms with Crippen LogP contribution in [0.2, 0.25) is 10.0 Å². The van der Waals surface area contributed by atoms with E-state index in [1.165, 1.54) is 12.3 Å². The SMILES string of the molecule is O=C(N/N=C/c1cc(Br)ccc1O)c1cc(-c2cc(Cl)cc(Cl)c2)n[nH]1. The maximum absolute atomic E-state index is 12.1. The summed E-state index contributed by atoms with van der Waals surface area (Å²) in [5, 5.41) is 21.2. The van der Waals surface area contributed by atoms with E-state index < -0.39 is 5.91 Å². The fourth-order valence-electron chi connectivity index (χ4n) is 2.14. The summed E-state index contributed by atoms with van der Waals surface area (Å²) in [5.74, 6) is -0.435. The third-order valence-corrected chi connectivity index (χ3v) is 4.27. The van der Waals surface area contributed by atoms with Gasteiger partial charge in [0.1, 0.15) is 11.4 Å². The molecule has 2 aromatic carbocycles. The molecule has 26 heavy (non-hydrogen) atoms. The lowest BCUT2D eigenvalue weighted by Crippen LogP contribution is -2.18. The monoisotopic (exact) mass is 452 g/mol. The highest BCUT2D eigenvalue weighted by molar-refractivity contribution is 9.10. The van der Waals surface area contributed by atoms with Crippen molar-refractivity contribution in [2.45, 2.75) is 0 Å². The summed E-state index contributed by atoms with van der Waals surface area (Å²) in [6, 6.07) is 11.4. The minimum Gasteiger partial charge on any atom is -0.507 e. The number of hydrogen-bond acceptors (Lipinski definition) is 4. The van der Waals surface area contributed by atoms with E-state index in [0.717, 1.165) is 4.47 Å². The average Bonchev–Trinajstić information content (AvgIpc) is 3.07. The molecule has 0 unspecified atom stereocenters. The number of aromatic hydroxyl groups is 1. The normalized spacial score (nSPS) is 11.0. The number of H-pyrrole nitrogens is 1. The molecule has 0 radical (unpaired) electrons. The number of hydrazone groups is 1. The predicted octanol–water partition coefficient (Wildman–Crippen LogP) is 4.62. The standard InChI is InChI=1S/C17H11BrCl2N4O2/c18-11-1-2-16(25)10(3-11)8-21-24-17(26)15-7-14(22-23-15)9-4-12(19)6-13(20)5-9/h1-8,25H,(H,22,23)(H,24,26)/b21-8+. The van der Waals surface area contributed by atoms with Crippen LogP contribution in [0.25, 0.3) is 11.3 Å². The van der Waals surface area contributed by atoms with Gasteiger partial charge in [-0.25, -0.2) is 5.43 Å². The van der Waals surface area contributed by atoms with E-state index >= 15 is 0 Å². The number of benzene rings is 2. The Morgan fingerprint density at radius 3 is 2.65 bits per heavy atom. The van der Waals surface area contributed by atoms with Crippen LogP contribution < -0.4 is 5.43 Å². The van der Waals surface area contributed by atoms with Gasteiger partial charge >= 0.3 is 0 Å². The van der Waals surface area contributed by atoms with Crippen LogP contribution in [0.5, 0.6) is 5.75 Å². The summed E-state index contributed by atoms with van der Waals surface area (Å²) in [4.78, 5) is 12.1. The van der Waals surface area contributed by atoms with E-state index in [2.05, 4.69) is 36.7 Å². The van der Waals surface area contributed by atoms with Crippen molar-refractivity contribution in [3.63, 3.8) is 0 Å². The van der Waals surface area contributed by atoms with Crippen molar-refractivity contribution in [1.82, 2.24) is 15.6 Å². The van der Waals surface area contributed by atoms with Gasteiger partial charge in [-0.1, -0.05) is 39.1 Å². The van der Waals surface area contributed by atoms with Gasteiger partial charge in [-0.3, -0.25) is 9.89 Å². The second-order valence-corrected chi connectivity index (χ2v) is 7.02. The number of aromatic nitrogens is 2. The van der Waals surface area contributed by atoms with Gasteiger partial charge in [0.2, 0.25) is 0 Å². The van der Waals surface area contributed by atoms with Crippen molar-refractivity contribution >= 4 is 51.3 Å². The van der Waals surface area contributed by atoms with Gasteiger partial charge < -0.3 is 5.11 Å². The molecule has 0 bridgehead atoms. The number of phenols is 1. The Labute approximate surface area is 167 Å². The Kier molecular flexibility index (Phi) is 5.61. The zero-order valence-electron chi connectivity index (χ0n) is 13.0. The number of phenolic OH excluding ortho intramolecular Hbond substituents is 1. The molecule has 3 rings (SSSR count). The highest BCUT2D eigenvalue weighted by atomic mass is 79.9. The zero-order valence-corrected chi connectivity index (χ0v) is 16.1. The first-order valence-corrected chi connectivity index (χ1v) is 8.81. The maximum Gasteiger partial charge on any atom is 0.289 e. The fourth-order valence-corrected chi connectivity index (χ4v) is 3.04. The Hall–Kier alpha value is -2.35. The summed E-state index contributed by atoms with van der Waals surface area (Å²) in [6.07, 6.45) is 1.34. The molecule has 6 nitrogen and oxygen atoms in total. The molecule has 0 aliphatic heterocycles. The first-order valence-electron chi connectivity index (χ1n) is 7.26. The van der Waals surface area contributed by atoms with Crippen molar-refractivity contribution in [1.29, 1.82) is 0 Å². The first-order chi connectivity index (χ1) is 12.4. The van der Waals surface area contributed by atoms with Gasteiger partial charge in [0.15, 0.2) is 0 Å². The predicted molar refractivity (Wildman–Crippen MR) is 105 cm³/mol. The molecule has 0 saturated heterocycles. The van der Waals surface area contributed by atoms with Gasteiger partial charge in [-0.05, 0) is 42.5 Å². The number of halogens is 3. The Morgan fingerprint density at radius 2 is 1.92 bits per heavy atom. The van der Waals surface area contributed by atoms with Gasteiger partial charge in [0, 0.05) is 25.6 Å². The largest absolute Gasteiger partial charge is 0.507 e. The highest BCUT2D eigenvalue weighted by Gasteiger charge is 2.11. The third-order valence-electron chi connectivity index (χ3n) is 3.34. The number of carbonyl (C=O) groups excluding carboxylic acids is 1. The van der Waals surface area contributed by atoms with Crippen molar-refractivity contribution < 1.29 is 9.90 Å². The number of nitrogens with zero attached hydrogens (tertiary/aromatic N) is 2. The van der Waals surface area contributed by atoms with Crippen molar-refractivity contribution in [3.05, 3.63) is 68.2 Å². The lowest BCUT2D eigenvalue weighted by Gasteiger charge is -2.00. The summed E-state index contributed by atoms with van der Waals surface area (Å²) < 4.78 is 0.779. The lowest BCUT2D eigenvalue weighted by molar-refractivity contribution is 0.0950. The number of carbonyl (C=O) groups is 1. The molecule has 1 heterocycles. The minimum absolute atomic E-state index is 0.0489. The molecule has 0 atom stereocenters. The summed E-state index contributed by atoms with van der Waals surface area (Å²) in [5.41, 5.74) is 4.24. The maximum atomic E-state index is 12.1. The van der Waals surface area contributed by atoms with Crippen LogP contribution in [0.3, 0.4) is 0 Å². The molecule has 0 spiro atoms. The zero-order chi connectivity index (χ0) is 18.7. The van der Waals surface area contributed by atoms with Crippen LogP contribution >= 0.6 is 39.1 Å². The molecule has 0 fully saturated rings. The number of hydrogen-bond donors (Lipinski definition) is 3. The number of aromatic amines is 1. The van der Waals surface area contributed by atoms with Crippen molar-refractivity contribution in [2.24, 2.45) is 5.10 Å². The molecule has 132 valence electrons. The van der Waals surface area contributed by atoms with E-state index in [9.17, 15) is 9.90 Å². The molecular weight excluding hydrogens is 443 g/mol. The topological polar surface area (TPSA) is 90.4 Å². The number of rotatable bonds is 4. The van der Waals surface area contributed by atoms with E-state index in [1.807, 2.05) is 0 Å². The van der Waals surface area contributed by atoms with Gasteiger partial charge in [-0.15, -0.1) is 0 Å². The van der Waals surface area contributed by atoms with Crippen LogP contribution in [0, 0.1) is 0 Å². The number of nitrogens with one attached hydrogen (secondary N) is 2. The van der Waals surface area contributed by atoms with Crippen LogP contribution in [-0.2, 0) is 0 Å². The first kappa shape index (κ1) is 18.4. The molecule has 0 aliphatic carbocycles. The van der Waals surface area contributed by atoms with Crippen molar-refractivity contribution in [2.75, 3.05) is 0 Å². The Morgan fingerprint density at radius 1 is 1.19 bits per heavy atom. The van der Waals surface area contributed by atoms with Gasteiger partial charge in [0.05, 0.1) is 11.9 Å². The molecule has 9 heteroatoms. The summed E-state index contributed by atoms with van der Waals surface area (Å²) >= 11 is 15.2. The molecular formula is C17H11BrCl2N4O2. The van der Waals surface area contributed by atoms with Crippen LogP contribution in [-0.4, -0.2) is 27.4 Å². The smallest absolute Gasteiger partial charge is 0.289 e. The van der Waals surface area contributed by atoms with Crippen LogP contribution in [0.1, 0.15) is 16.1 Å². The third kappa shape index (κ3) is 4.43. The van der Waals surface area contributed by atoms with Gasteiger partial charge in [0.25, 0.3) is 5.91 Å². The van der Waals surface area contributed by atoms with E-state index in [4.69, 9.17) is 23.2 Å². The lowest BCUT2D eigenvalue weighted by atomic mass is 10.1.